The topological polar surface area (TPSA) is 24.7 Å². The second kappa shape index (κ2) is 2.76. The zero-order valence-electron chi connectivity index (χ0n) is 6.79. The molecule has 0 bridgehead atoms. The maximum absolute atomic E-state index is 4.36. The van der Waals surface area contributed by atoms with Gasteiger partial charge in [0.25, 0.3) is 0 Å². The van der Waals surface area contributed by atoms with Gasteiger partial charge in [-0.1, -0.05) is 31.4 Å². The van der Waals surface area contributed by atoms with Crippen LogP contribution in [0.1, 0.15) is 32.1 Å². The zero-order valence-corrected chi connectivity index (χ0v) is 6.79. The number of hydrogen-bond donors (Lipinski definition) is 0. The number of hydrogen-bond acceptors (Lipinski definition) is 2. The van der Waals surface area contributed by atoms with Crippen LogP contribution >= 0.6 is 0 Å². The molecule has 1 spiro atoms. The van der Waals surface area contributed by atoms with E-state index in [4.69, 9.17) is 0 Å². The van der Waals surface area contributed by atoms with E-state index in [1.165, 1.54) is 32.1 Å². The monoisotopic (exact) mass is 150 g/mol. The molecule has 0 saturated heterocycles. The molecule has 1 aliphatic heterocycles. The summed E-state index contributed by atoms with van der Waals surface area (Å²) in [5.74, 6) is 0. The first kappa shape index (κ1) is 7.01. The normalized spacial score (nSPS) is 27.6. The SMILES string of the molecule is C1=CC2(CCCCC2)N=NC1. The van der Waals surface area contributed by atoms with Gasteiger partial charge in [-0.2, -0.15) is 10.2 Å². The van der Waals surface area contributed by atoms with Crippen molar-refractivity contribution in [3.8, 4) is 0 Å². The van der Waals surface area contributed by atoms with Gasteiger partial charge >= 0.3 is 0 Å². The van der Waals surface area contributed by atoms with Crippen LogP contribution in [-0.2, 0) is 0 Å². The molecule has 1 aliphatic carbocycles. The molecular weight excluding hydrogens is 136 g/mol. The number of azo groups is 1. The Morgan fingerprint density at radius 3 is 2.55 bits per heavy atom. The molecule has 1 fully saturated rings. The Balaban J connectivity index is 2.12. The van der Waals surface area contributed by atoms with Crippen LogP contribution in [0.3, 0.4) is 0 Å². The van der Waals surface area contributed by atoms with Crippen molar-refractivity contribution < 1.29 is 0 Å². The average molecular weight is 150 g/mol. The number of nitrogens with zero attached hydrogens (tertiary/aromatic N) is 2. The molecule has 2 nitrogen and oxygen atoms in total. The smallest absolute Gasteiger partial charge is 0.0996 e. The van der Waals surface area contributed by atoms with E-state index in [2.05, 4.69) is 22.4 Å². The van der Waals surface area contributed by atoms with Gasteiger partial charge in [0.2, 0.25) is 0 Å². The standard InChI is InChI=1S/C9H14N2/c1-2-5-9(6-3-1)7-4-8-10-11-9/h4,7H,1-3,5-6,8H2. The molecule has 11 heavy (non-hydrogen) atoms. The van der Waals surface area contributed by atoms with E-state index in [-0.39, 0.29) is 5.54 Å². The van der Waals surface area contributed by atoms with Gasteiger partial charge in [0.1, 0.15) is 0 Å². The minimum Gasteiger partial charge on any atom is -0.189 e. The fourth-order valence-electron chi connectivity index (χ4n) is 1.96. The summed E-state index contributed by atoms with van der Waals surface area (Å²) in [6, 6.07) is 0. The predicted octanol–water partition coefficient (Wildman–Crippen LogP) is 2.71. The Labute approximate surface area is 67.4 Å². The minimum atomic E-state index is 0.135. The predicted molar refractivity (Wildman–Crippen MR) is 44.7 cm³/mol. The highest BCUT2D eigenvalue weighted by Gasteiger charge is 2.29. The molecule has 2 rings (SSSR count). The van der Waals surface area contributed by atoms with Crippen LogP contribution in [0.15, 0.2) is 22.4 Å². The highest BCUT2D eigenvalue weighted by molar-refractivity contribution is 5.10. The largest absolute Gasteiger partial charge is 0.189 e. The van der Waals surface area contributed by atoms with Gasteiger partial charge in [0, 0.05) is 0 Å². The summed E-state index contributed by atoms with van der Waals surface area (Å²) in [7, 11) is 0. The van der Waals surface area contributed by atoms with Crippen LogP contribution in [0, 0.1) is 0 Å². The molecule has 0 N–H and O–H groups in total. The summed E-state index contributed by atoms with van der Waals surface area (Å²) in [5, 5.41) is 8.45. The molecule has 1 heterocycles. The summed E-state index contributed by atoms with van der Waals surface area (Å²) >= 11 is 0. The second-order valence-corrected chi connectivity index (χ2v) is 3.49. The van der Waals surface area contributed by atoms with Crippen LogP contribution in [0.4, 0.5) is 0 Å². The van der Waals surface area contributed by atoms with Gasteiger partial charge in [-0.15, -0.1) is 0 Å². The van der Waals surface area contributed by atoms with Gasteiger partial charge in [-0.25, -0.2) is 0 Å². The van der Waals surface area contributed by atoms with Gasteiger partial charge in [0.05, 0.1) is 12.1 Å². The van der Waals surface area contributed by atoms with Crippen molar-refractivity contribution in [3.05, 3.63) is 12.2 Å². The van der Waals surface area contributed by atoms with Gasteiger partial charge < -0.3 is 0 Å². The Morgan fingerprint density at radius 1 is 1.09 bits per heavy atom. The van der Waals surface area contributed by atoms with E-state index >= 15 is 0 Å². The van der Waals surface area contributed by atoms with Crippen molar-refractivity contribution in [1.82, 2.24) is 0 Å². The van der Waals surface area contributed by atoms with E-state index in [1.807, 2.05) is 0 Å². The average Bonchev–Trinajstić information content (AvgIpc) is 2.07. The summed E-state index contributed by atoms with van der Waals surface area (Å²) in [6.07, 6.45) is 10.9. The van der Waals surface area contributed by atoms with Crippen molar-refractivity contribution in [2.75, 3.05) is 6.54 Å². The molecule has 0 aromatic carbocycles. The van der Waals surface area contributed by atoms with Crippen molar-refractivity contribution in [3.63, 3.8) is 0 Å². The highest BCUT2D eigenvalue weighted by atomic mass is 15.2. The van der Waals surface area contributed by atoms with Crippen LogP contribution in [0.5, 0.6) is 0 Å². The molecular formula is C9H14N2. The fourth-order valence-corrected chi connectivity index (χ4v) is 1.96. The Bertz CT molecular complexity index is 174. The summed E-state index contributed by atoms with van der Waals surface area (Å²) in [4.78, 5) is 0. The third kappa shape index (κ3) is 1.35. The van der Waals surface area contributed by atoms with Crippen molar-refractivity contribution in [2.24, 2.45) is 10.2 Å². The molecule has 0 aromatic rings. The van der Waals surface area contributed by atoms with E-state index < -0.39 is 0 Å². The lowest BCUT2D eigenvalue weighted by atomic mass is 9.82. The van der Waals surface area contributed by atoms with Crippen LogP contribution in [0.2, 0.25) is 0 Å². The first-order valence-electron chi connectivity index (χ1n) is 4.48. The van der Waals surface area contributed by atoms with Crippen molar-refractivity contribution in [1.29, 1.82) is 0 Å². The molecule has 0 atom stereocenters. The molecule has 0 radical (unpaired) electrons. The number of rotatable bonds is 0. The van der Waals surface area contributed by atoms with Crippen LogP contribution < -0.4 is 0 Å². The first-order valence-corrected chi connectivity index (χ1v) is 4.48. The molecule has 0 amide bonds. The second-order valence-electron chi connectivity index (χ2n) is 3.49. The highest BCUT2D eigenvalue weighted by Crippen LogP contribution is 2.34. The molecule has 60 valence electrons. The Hall–Kier alpha value is -0.660. The summed E-state index contributed by atoms with van der Waals surface area (Å²) in [6.45, 7) is 0.793. The third-order valence-electron chi connectivity index (χ3n) is 2.60. The maximum Gasteiger partial charge on any atom is 0.0996 e. The molecule has 2 heteroatoms. The van der Waals surface area contributed by atoms with Crippen LogP contribution in [0.25, 0.3) is 0 Å². The molecule has 1 saturated carbocycles. The molecule has 0 unspecified atom stereocenters. The van der Waals surface area contributed by atoms with Crippen molar-refractivity contribution >= 4 is 0 Å². The zero-order chi connectivity index (χ0) is 7.57. The minimum absolute atomic E-state index is 0.135. The van der Waals surface area contributed by atoms with Gasteiger partial charge in [0.15, 0.2) is 0 Å². The maximum atomic E-state index is 4.36. The fraction of sp³-hybridized carbons (Fsp3) is 0.778. The molecule has 0 aromatic heterocycles. The molecule has 2 aliphatic rings. The van der Waals surface area contributed by atoms with E-state index in [0.29, 0.717) is 0 Å². The van der Waals surface area contributed by atoms with Crippen LogP contribution in [-0.4, -0.2) is 12.1 Å². The van der Waals surface area contributed by atoms with E-state index in [0.717, 1.165) is 6.54 Å². The van der Waals surface area contributed by atoms with Gasteiger partial charge in [-0.3, -0.25) is 0 Å². The lowest BCUT2D eigenvalue weighted by Gasteiger charge is -2.30. The van der Waals surface area contributed by atoms with E-state index in [1.54, 1.807) is 0 Å². The Kier molecular flexibility index (Phi) is 1.76. The lowest BCUT2D eigenvalue weighted by molar-refractivity contribution is 0.341. The van der Waals surface area contributed by atoms with Gasteiger partial charge in [-0.05, 0) is 12.8 Å². The quantitative estimate of drug-likeness (QED) is 0.474. The van der Waals surface area contributed by atoms with Crippen molar-refractivity contribution in [2.45, 2.75) is 37.6 Å². The third-order valence-corrected chi connectivity index (χ3v) is 2.60. The lowest BCUT2D eigenvalue weighted by Crippen LogP contribution is -2.27. The summed E-state index contributed by atoms with van der Waals surface area (Å²) in [5.41, 5.74) is 0.135. The summed E-state index contributed by atoms with van der Waals surface area (Å²) < 4.78 is 0. The Morgan fingerprint density at radius 2 is 1.91 bits per heavy atom. The first-order chi connectivity index (χ1) is 5.41. The van der Waals surface area contributed by atoms with E-state index in [9.17, 15) is 0 Å².